The van der Waals surface area contributed by atoms with Gasteiger partial charge in [0.05, 0.1) is 6.61 Å². The molecule has 0 aromatic carbocycles. The van der Waals surface area contributed by atoms with E-state index in [0.29, 0.717) is 17.7 Å². The van der Waals surface area contributed by atoms with E-state index in [1.165, 1.54) is 38.5 Å². The third kappa shape index (κ3) is 10.4. The Morgan fingerprint density at radius 1 is 1.12 bits per heavy atom. The van der Waals surface area contributed by atoms with Gasteiger partial charge in [-0.3, -0.25) is 4.79 Å². The number of nitrogens with one attached hydrogen (secondary N) is 1. The Bertz CT molecular complexity index is 613. The van der Waals surface area contributed by atoms with Crippen molar-refractivity contribution in [2.75, 3.05) is 12.4 Å². The van der Waals surface area contributed by atoms with Gasteiger partial charge in [0.25, 0.3) is 5.56 Å². The van der Waals surface area contributed by atoms with E-state index in [1.54, 1.807) is 31.8 Å². The first-order valence-electron chi connectivity index (χ1n) is 9.52. The molecule has 0 fully saturated rings. The minimum absolute atomic E-state index is 0.0449. The van der Waals surface area contributed by atoms with E-state index in [1.807, 2.05) is 0 Å². The van der Waals surface area contributed by atoms with Crippen molar-refractivity contribution in [2.24, 2.45) is 0 Å². The molecule has 0 bridgehead atoms. The topological polar surface area (TPSA) is 72.0 Å². The van der Waals surface area contributed by atoms with E-state index in [4.69, 9.17) is 4.74 Å². The molecule has 0 amide bonds. The number of aromatic amines is 1. The molecule has 146 valence electrons. The van der Waals surface area contributed by atoms with Crippen LogP contribution in [0.25, 0.3) is 0 Å². The van der Waals surface area contributed by atoms with Crippen LogP contribution in [0.3, 0.4) is 0 Å². The van der Waals surface area contributed by atoms with E-state index in [-0.39, 0.29) is 11.5 Å². The summed E-state index contributed by atoms with van der Waals surface area (Å²) in [6.07, 6.45) is 12.3. The largest absolute Gasteiger partial charge is 0.462 e. The van der Waals surface area contributed by atoms with Gasteiger partial charge in [0, 0.05) is 23.1 Å². The molecule has 26 heavy (non-hydrogen) atoms. The highest BCUT2D eigenvalue weighted by Gasteiger charge is 2.02. The second kappa shape index (κ2) is 13.6. The summed E-state index contributed by atoms with van der Waals surface area (Å²) in [6.45, 7) is 7.49. The van der Waals surface area contributed by atoms with Crippen LogP contribution < -0.4 is 5.56 Å². The molecule has 5 nitrogen and oxygen atoms in total. The Hall–Kier alpha value is -1.56. The Balaban J connectivity index is 1.86. The molecule has 0 atom stereocenters. The summed E-state index contributed by atoms with van der Waals surface area (Å²) in [5.74, 6) is 0.710. The minimum Gasteiger partial charge on any atom is -0.462 e. The molecule has 1 rings (SSSR count). The SMILES string of the molecule is C=C(C)C(=O)OCCCCCCCCCCCSc1ncc(C)c(=O)[nH]1. The zero-order valence-corrected chi connectivity index (χ0v) is 17.0. The van der Waals surface area contributed by atoms with Crippen LogP contribution in [-0.4, -0.2) is 28.3 Å². The van der Waals surface area contributed by atoms with Crippen LogP contribution in [0.2, 0.25) is 0 Å². The van der Waals surface area contributed by atoms with Gasteiger partial charge in [-0.05, 0) is 26.7 Å². The van der Waals surface area contributed by atoms with Crippen LogP contribution in [-0.2, 0) is 9.53 Å². The van der Waals surface area contributed by atoms with Gasteiger partial charge in [-0.2, -0.15) is 0 Å². The summed E-state index contributed by atoms with van der Waals surface area (Å²) >= 11 is 1.62. The van der Waals surface area contributed by atoms with E-state index in [2.05, 4.69) is 16.5 Å². The van der Waals surface area contributed by atoms with Crippen LogP contribution in [0.15, 0.2) is 28.3 Å². The quantitative estimate of drug-likeness (QED) is 0.165. The molecule has 0 aliphatic heterocycles. The minimum atomic E-state index is -0.285. The van der Waals surface area contributed by atoms with Crippen molar-refractivity contribution in [3.05, 3.63) is 34.3 Å². The first kappa shape index (κ1) is 22.5. The van der Waals surface area contributed by atoms with Crippen molar-refractivity contribution in [1.82, 2.24) is 9.97 Å². The van der Waals surface area contributed by atoms with E-state index in [0.717, 1.165) is 30.2 Å². The summed E-state index contributed by atoms with van der Waals surface area (Å²) < 4.78 is 5.07. The molecule has 1 N–H and O–H groups in total. The number of rotatable bonds is 14. The Morgan fingerprint density at radius 3 is 2.27 bits per heavy atom. The monoisotopic (exact) mass is 380 g/mol. The summed E-state index contributed by atoms with van der Waals surface area (Å²) in [5, 5.41) is 0.717. The molecule has 0 aliphatic carbocycles. The van der Waals surface area contributed by atoms with Crippen molar-refractivity contribution in [3.8, 4) is 0 Å². The van der Waals surface area contributed by atoms with Gasteiger partial charge in [0.2, 0.25) is 0 Å². The van der Waals surface area contributed by atoms with Crippen LogP contribution in [0.5, 0.6) is 0 Å². The number of hydrogen-bond acceptors (Lipinski definition) is 5. The second-order valence-electron chi connectivity index (χ2n) is 6.65. The number of thioether (sulfide) groups is 1. The number of unbranched alkanes of at least 4 members (excludes halogenated alkanes) is 8. The molecule has 1 aromatic rings. The normalized spacial score (nSPS) is 10.7. The lowest BCUT2D eigenvalue weighted by molar-refractivity contribution is -0.139. The van der Waals surface area contributed by atoms with Crippen LogP contribution >= 0.6 is 11.8 Å². The number of nitrogens with zero attached hydrogens (tertiary/aromatic N) is 1. The maximum absolute atomic E-state index is 11.5. The van der Waals surface area contributed by atoms with Gasteiger partial charge in [-0.1, -0.05) is 63.3 Å². The number of H-pyrrole nitrogens is 1. The maximum atomic E-state index is 11.5. The molecular weight excluding hydrogens is 348 g/mol. The zero-order valence-electron chi connectivity index (χ0n) is 16.1. The standard InChI is InChI=1S/C20H32N2O3S/c1-16(2)19(24)25-13-11-9-7-5-4-6-8-10-12-14-26-20-21-15-17(3)18(23)22-20/h15H,1,4-14H2,2-3H3,(H,21,22,23). The lowest BCUT2D eigenvalue weighted by Crippen LogP contribution is -2.10. The number of aromatic nitrogens is 2. The molecule has 0 radical (unpaired) electrons. The number of hydrogen-bond donors (Lipinski definition) is 1. The Kier molecular flexibility index (Phi) is 11.8. The number of aryl methyl sites for hydroxylation is 1. The van der Waals surface area contributed by atoms with Crippen LogP contribution in [0.4, 0.5) is 0 Å². The van der Waals surface area contributed by atoms with Crippen molar-refractivity contribution >= 4 is 17.7 Å². The first-order valence-corrected chi connectivity index (χ1v) is 10.5. The number of esters is 1. The van der Waals surface area contributed by atoms with Crippen LogP contribution in [0, 0.1) is 6.92 Å². The fourth-order valence-corrected chi connectivity index (χ4v) is 3.25. The average molecular weight is 381 g/mol. The number of ether oxygens (including phenoxy) is 1. The van der Waals surface area contributed by atoms with Crippen LogP contribution in [0.1, 0.15) is 70.3 Å². The lowest BCUT2D eigenvalue weighted by atomic mass is 10.1. The van der Waals surface area contributed by atoms with Gasteiger partial charge in [-0.15, -0.1) is 0 Å². The van der Waals surface area contributed by atoms with E-state index >= 15 is 0 Å². The van der Waals surface area contributed by atoms with E-state index in [9.17, 15) is 9.59 Å². The fraction of sp³-hybridized carbons (Fsp3) is 0.650. The summed E-state index contributed by atoms with van der Waals surface area (Å²) in [4.78, 5) is 29.7. The van der Waals surface area contributed by atoms with Gasteiger partial charge in [-0.25, -0.2) is 9.78 Å². The molecular formula is C20H32N2O3S. The molecule has 1 aromatic heterocycles. The predicted molar refractivity (Wildman–Crippen MR) is 108 cm³/mol. The summed E-state index contributed by atoms with van der Waals surface area (Å²) in [5.41, 5.74) is 1.07. The summed E-state index contributed by atoms with van der Waals surface area (Å²) in [6, 6.07) is 0. The Labute approximate surface area is 161 Å². The maximum Gasteiger partial charge on any atom is 0.333 e. The third-order valence-electron chi connectivity index (χ3n) is 4.06. The highest BCUT2D eigenvalue weighted by Crippen LogP contribution is 2.15. The Morgan fingerprint density at radius 2 is 1.69 bits per heavy atom. The average Bonchev–Trinajstić information content (AvgIpc) is 2.61. The molecule has 0 spiro atoms. The van der Waals surface area contributed by atoms with Crippen molar-refractivity contribution in [1.29, 1.82) is 0 Å². The van der Waals surface area contributed by atoms with Gasteiger partial charge in [0.15, 0.2) is 5.16 Å². The van der Waals surface area contributed by atoms with Gasteiger partial charge >= 0.3 is 5.97 Å². The molecule has 0 unspecified atom stereocenters. The van der Waals surface area contributed by atoms with E-state index < -0.39 is 0 Å². The predicted octanol–water partition coefficient (Wildman–Crippen LogP) is 4.80. The van der Waals surface area contributed by atoms with Gasteiger partial charge < -0.3 is 9.72 Å². The lowest BCUT2D eigenvalue weighted by Gasteiger charge is -2.05. The number of carbonyl (C=O) groups excluding carboxylic acids is 1. The van der Waals surface area contributed by atoms with Crippen molar-refractivity contribution in [3.63, 3.8) is 0 Å². The molecule has 0 aliphatic rings. The summed E-state index contributed by atoms with van der Waals surface area (Å²) in [7, 11) is 0. The van der Waals surface area contributed by atoms with Gasteiger partial charge in [0.1, 0.15) is 0 Å². The highest BCUT2D eigenvalue weighted by molar-refractivity contribution is 7.99. The van der Waals surface area contributed by atoms with Crippen molar-refractivity contribution in [2.45, 2.75) is 76.8 Å². The first-order chi connectivity index (χ1) is 12.5. The molecule has 6 heteroatoms. The molecule has 0 saturated carbocycles. The van der Waals surface area contributed by atoms with Crippen molar-refractivity contribution < 1.29 is 9.53 Å². The second-order valence-corrected chi connectivity index (χ2v) is 7.73. The highest BCUT2D eigenvalue weighted by atomic mass is 32.2. The fourth-order valence-electron chi connectivity index (χ4n) is 2.41. The number of carbonyl (C=O) groups is 1. The smallest absolute Gasteiger partial charge is 0.333 e. The molecule has 1 heterocycles. The zero-order chi connectivity index (χ0) is 19.2. The third-order valence-corrected chi connectivity index (χ3v) is 5.04. The molecule has 0 saturated heterocycles.